The molecule has 4 fully saturated rings. The Bertz CT molecular complexity index is 333. The van der Waals surface area contributed by atoms with Crippen LogP contribution in [0.2, 0.25) is 0 Å². The molecule has 4 bridgehead atoms. The summed E-state index contributed by atoms with van der Waals surface area (Å²) in [5, 5.41) is 4.21. The van der Waals surface area contributed by atoms with E-state index in [2.05, 4.69) is 28.2 Å². The van der Waals surface area contributed by atoms with E-state index in [0.29, 0.717) is 17.2 Å². The molecule has 0 spiro atoms. The first-order valence-electron chi connectivity index (χ1n) is 8.41. The van der Waals surface area contributed by atoms with Gasteiger partial charge in [-0.05, 0) is 74.0 Å². The van der Waals surface area contributed by atoms with Crippen LogP contribution in [-0.4, -0.2) is 17.8 Å². The van der Waals surface area contributed by atoms with Crippen LogP contribution in [0.4, 0.5) is 0 Å². The Labute approximate surface area is 131 Å². The topological polar surface area (TPSA) is 29.1 Å². The summed E-state index contributed by atoms with van der Waals surface area (Å²) < 4.78 is 0. The molecule has 3 heteroatoms. The molecule has 4 aliphatic rings. The van der Waals surface area contributed by atoms with Crippen LogP contribution in [0.15, 0.2) is 0 Å². The van der Waals surface area contributed by atoms with Gasteiger partial charge in [0.05, 0.1) is 0 Å². The predicted molar refractivity (Wildman–Crippen MR) is 85.8 cm³/mol. The fourth-order valence-electron chi connectivity index (χ4n) is 5.49. The number of rotatable bonds is 6. The molecule has 1 N–H and O–H groups in total. The van der Waals surface area contributed by atoms with E-state index in [0.717, 1.165) is 42.5 Å². The third kappa shape index (κ3) is 3.23. The number of carbonyl (C=O) groups excluding carboxylic acids is 1. The fourth-order valence-corrected chi connectivity index (χ4v) is 6.27. The van der Waals surface area contributed by atoms with Gasteiger partial charge in [-0.2, -0.15) is 0 Å². The highest BCUT2D eigenvalue weighted by Crippen LogP contribution is 2.61. The minimum Gasteiger partial charge on any atom is -0.356 e. The zero-order chi connectivity index (χ0) is 14.2. The number of carbonyl (C=O) groups is 1. The molecule has 2 nitrogen and oxygen atoms in total. The van der Waals surface area contributed by atoms with Crippen LogP contribution in [0.25, 0.3) is 0 Å². The number of amides is 1. The van der Waals surface area contributed by atoms with Gasteiger partial charge in [0.2, 0.25) is 5.91 Å². The van der Waals surface area contributed by atoms with Crippen LogP contribution in [0.3, 0.4) is 0 Å². The first-order valence-corrected chi connectivity index (χ1v) is 9.53. The number of nitrogens with one attached hydrogen (secondary N) is 1. The van der Waals surface area contributed by atoms with Gasteiger partial charge in [-0.3, -0.25) is 4.79 Å². The molecule has 0 saturated heterocycles. The summed E-state index contributed by atoms with van der Waals surface area (Å²) in [4.78, 5) is 12.3. The molecule has 0 heterocycles. The minimum atomic E-state index is 0.313. The standard InChI is InChI=1S/C17H28BrNO/c1-12(2-3-18)11-19-16(20)10-17-7-13-4-14(8-17)6-15(5-13)9-17/h12-15H,2-11H2,1H3,(H,19,20). The molecule has 1 atom stereocenters. The Morgan fingerprint density at radius 2 is 1.75 bits per heavy atom. The van der Waals surface area contributed by atoms with Gasteiger partial charge in [-0.1, -0.05) is 22.9 Å². The molecule has 4 rings (SSSR count). The maximum atomic E-state index is 12.3. The summed E-state index contributed by atoms with van der Waals surface area (Å²) in [5.74, 6) is 3.73. The average molecular weight is 342 g/mol. The van der Waals surface area contributed by atoms with Crippen molar-refractivity contribution in [2.24, 2.45) is 29.1 Å². The molecule has 114 valence electrons. The van der Waals surface area contributed by atoms with Crippen molar-refractivity contribution in [2.75, 3.05) is 11.9 Å². The lowest BCUT2D eigenvalue weighted by atomic mass is 9.49. The van der Waals surface area contributed by atoms with Gasteiger partial charge in [0.15, 0.2) is 0 Å². The number of alkyl halides is 1. The Morgan fingerprint density at radius 1 is 1.20 bits per heavy atom. The first kappa shape index (κ1) is 14.9. The summed E-state index contributed by atoms with van der Waals surface area (Å²) >= 11 is 3.47. The zero-order valence-electron chi connectivity index (χ0n) is 12.7. The second kappa shape index (κ2) is 5.98. The lowest BCUT2D eigenvalue weighted by Crippen LogP contribution is -2.48. The lowest BCUT2D eigenvalue weighted by Gasteiger charge is -2.56. The van der Waals surface area contributed by atoms with Crippen molar-refractivity contribution >= 4 is 21.8 Å². The normalized spacial score (nSPS) is 39.8. The molecule has 1 amide bonds. The summed E-state index contributed by atoms with van der Waals surface area (Å²) in [6.45, 7) is 3.06. The molecular weight excluding hydrogens is 314 g/mol. The Morgan fingerprint density at radius 3 is 2.25 bits per heavy atom. The quantitative estimate of drug-likeness (QED) is 0.723. The first-order chi connectivity index (χ1) is 9.58. The third-order valence-corrected chi connectivity index (χ3v) is 6.41. The molecule has 4 saturated carbocycles. The van der Waals surface area contributed by atoms with E-state index >= 15 is 0 Å². The van der Waals surface area contributed by atoms with Crippen LogP contribution < -0.4 is 5.32 Å². The van der Waals surface area contributed by atoms with Gasteiger partial charge in [0.25, 0.3) is 0 Å². The highest BCUT2D eigenvalue weighted by Gasteiger charge is 2.51. The summed E-state index contributed by atoms with van der Waals surface area (Å²) in [7, 11) is 0. The van der Waals surface area contributed by atoms with Crippen molar-refractivity contribution in [1.82, 2.24) is 5.32 Å². The minimum absolute atomic E-state index is 0.313. The Hall–Kier alpha value is -0.0500. The Balaban J connectivity index is 1.51. The average Bonchev–Trinajstić information content (AvgIpc) is 2.34. The largest absolute Gasteiger partial charge is 0.356 e. The number of halogens is 1. The van der Waals surface area contributed by atoms with Crippen molar-refractivity contribution in [1.29, 1.82) is 0 Å². The monoisotopic (exact) mass is 341 g/mol. The lowest BCUT2D eigenvalue weighted by molar-refractivity contribution is -0.129. The van der Waals surface area contributed by atoms with Crippen LogP contribution in [0, 0.1) is 29.1 Å². The third-order valence-electron chi connectivity index (χ3n) is 5.95. The summed E-state index contributed by atoms with van der Waals surface area (Å²) in [5.41, 5.74) is 0.386. The molecule has 4 aliphatic carbocycles. The molecule has 0 aliphatic heterocycles. The van der Waals surface area contributed by atoms with Gasteiger partial charge in [-0.25, -0.2) is 0 Å². The second-order valence-corrected chi connectivity index (χ2v) is 8.77. The van der Waals surface area contributed by atoms with Gasteiger partial charge in [-0.15, -0.1) is 0 Å². The fraction of sp³-hybridized carbons (Fsp3) is 0.941. The van der Waals surface area contributed by atoms with Crippen molar-refractivity contribution in [2.45, 2.75) is 58.3 Å². The summed E-state index contributed by atoms with van der Waals surface area (Å²) in [6, 6.07) is 0. The molecule has 1 unspecified atom stereocenters. The summed E-state index contributed by atoms with van der Waals surface area (Å²) in [6.07, 6.45) is 10.3. The van der Waals surface area contributed by atoms with Gasteiger partial charge < -0.3 is 5.32 Å². The van der Waals surface area contributed by atoms with E-state index in [-0.39, 0.29) is 0 Å². The Kier molecular flexibility index (Phi) is 4.45. The molecule has 0 radical (unpaired) electrons. The van der Waals surface area contributed by atoms with Crippen LogP contribution in [0.5, 0.6) is 0 Å². The van der Waals surface area contributed by atoms with E-state index in [9.17, 15) is 4.79 Å². The van der Waals surface area contributed by atoms with Crippen LogP contribution >= 0.6 is 15.9 Å². The molecule has 0 aromatic heterocycles. The predicted octanol–water partition coefficient (Wildman–Crippen LogP) is 4.13. The van der Waals surface area contributed by atoms with Crippen molar-refractivity contribution in [3.63, 3.8) is 0 Å². The van der Waals surface area contributed by atoms with E-state index in [1.54, 1.807) is 0 Å². The van der Waals surface area contributed by atoms with E-state index in [1.165, 1.54) is 38.5 Å². The van der Waals surface area contributed by atoms with Crippen LogP contribution in [0.1, 0.15) is 58.3 Å². The van der Waals surface area contributed by atoms with Crippen LogP contribution in [-0.2, 0) is 4.79 Å². The van der Waals surface area contributed by atoms with Crippen molar-refractivity contribution < 1.29 is 4.79 Å². The van der Waals surface area contributed by atoms with E-state index in [4.69, 9.17) is 0 Å². The van der Waals surface area contributed by atoms with E-state index in [1.807, 2.05) is 0 Å². The van der Waals surface area contributed by atoms with Gasteiger partial charge in [0, 0.05) is 18.3 Å². The number of hydrogen-bond donors (Lipinski definition) is 1. The smallest absolute Gasteiger partial charge is 0.220 e. The van der Waals surface area contributed by atoms with E-state index < -0.39 is 0 Å². The van der Waals surface area contributed by atoms with Crippen molar-refractivity contribution in [3.05, 3.63) is 0 Å². The maximum Gasteiger partial charge on any atom is 0.220 e. The maximum absolute atomic E-state index is 12.3. The van der Waals surface area contributed by atoms with Gasteiger partial charge in [0.1, 0.15) is 0 Å². The second-order valence-electron chi connectivity index (χ2n) is 7.98. The van der Waals surface area contributed by atoms with Crippen molar-refractivity contribution in [3.8, 4) is 0 Å². The molecule has 20 heavy (non-hydrogen) atoms. The molecular formula is C17H28BrNO. The zero-order valence-corrected chi connectivity index (χ0v) is 14.3. The van der Waals surface area contributed by atoms with Gasteiger partial charge >= 0.3 is 0 Å². The molecule has 0 aromatic carbocycles. The highest BCUT2D eigenvalue weighted by atomic mass is 79.9. The SMILES string of the molecule is CC(CCBr)CNC(=O)CC12CC3CC(CC(C3)C1)C2. The number of hydrogen-bond acceptors (Lipinski definition) is 1. The molecule has 0 aromatic rings. The highest BCUT2D eigenvalue weighted by molar-refractivity contribution is 9.09.